The highest BCUT2D eigenvalue weighted by Gasteiger charge is 2.57. The number of rotatable bonds is 4. The summed E-state index contributed by atoms with van der Waals surface area (Å²) in [6.07, 6.45) is 0. The molecule has 274 valence electrons. The van der Waals surface area contributed by atoms with Crippen molar-refractivity contribution in [3.05, 3.63) is 221 Å². The molecule has 3 aliphatic rings. The van der Waals surface area contributed by atoms with Crippen LogP contribution in [0.5, 0.6) is 0 Å². The highest BCUT2D eigenvalue weighted by molar-refractivity contribution is 5.97. The average Bonchev–Trinajstić information content (AvgIpc) is 3.71. The Morgan fingerprint density at radius 3 is 1.39 bits per heavy atom. The maximum atomic E-state index is 2.60. The lowest BCUT2D eigenvalue weighted by molar-refractivity contribution is 0.275. The average molecular weight is 733 g/mol. The van der Waals surface area contributed by atoms with Gasteiger partial charge in [-0.1, -0.05) is 136 Å². The van der Waals surface area contributed by atoms with Crippen LogP contribution in [0.15, 0.2) is 188 Å². The van der Waals surface area contributed by atoms with E-state index in [-0.39, 0.29) is 5.41 Å². The molecule has 11 rings (SSSR count). The van der Waals surface area contributed by atoms with E-state index in [0.717, 1.165) is 0 Å². The second-order valence-electron chi connectivity index (χ2n) is 17.9. The predicted molar refractivity (Wildman–Crippen MR) is 239 cm³/mol. The third-order valence-electron chi connectivity index (χ3n) is 13.7. The summed E-state index contributed by atoms with van der Waals surface area (Å²) in [7, 11) is 0. The standard InChI is InChI=1S/C56H46N/c1-54(2,3)41-24-31-47-48-32-25-42-35-52(48)56(51(47)34-41)50-19-13-12-18-46(50)49-33-30-45(36-53(49)56)57(55(42,4)5,43-26-20-39(21-27-43)37-14-8-6-9-15-37)44-28-22-40(23-29-44)38-16-10-7-11-17-38/h6-36H,1-5H3/q+1. The van der Waals surface area contributed by atoms with Crippen LogP contribution >= 0.6 is 0 Å². The van der Waals surface area contributed by atoms with E-state index in [1.54, 1.807) is 0 Å². The van der Waals surface area contributed by atoms with Gasteiger partial charge in [-0.2, -0.15) is 0 Å². The zero-order chi connectivity index (χ0) is 38.7. The van der Waals surface area contributed by atoms with Crippen LogP contribution in [0.25, 0.3) is 44.5 Å². The summed E-state index contributed by atoms with van der Waals surface area (Å²) in [5, 5.41) is 0. The SMILES string of the molecule is CC(C)(C)c1ccc2c(c1)C13c4ccccc4-c4ccc(cc41)[N+](c1ccc(-c4ccccc4)cc1)(c1ccc(-c4ccccc4)cc1)C(C)(C)c1ccc-2c3c1. The number of benzene rings is 8. The van der Waals surface area contributed by atoms with Gasteiger partial charge in [-0.15, -0.1) is 0 Å². The van der Waals surface area contributed by atoms with Gasteiger partial charge >= 0.3 is 0 Å². The zero-order valence-electron chi connectivity index (χ0n) is 33.3. The molecular weight excluding hydrogens is 687 g/mol. The second kappa shape index (κ2) is 11.9. The first-order chi connectivity index (χ1) is 27.6. The van der Waals surface area contributed by atoms with Crippen molar-refractivity contribution >= 4 is 17.1 Å². The van der Waals surface area contributed by atoms with E-state index in [9.17, 15) is 0 Å². The van der Waals surface area contributed by atoms with Gasteiger partial charge < -0.3 is 0 Å². The van der Waals surface area contributed by atoms with Crippen molar-refractivity contribution in [3.63, 3.8) is 0 Å². The van der Waals surface area contributed by atoms with E-state index in [1.807, 2.05) is 0 Å². The Bertz CT molecular complexity index is 2790. The maximum Gasteiger partial charge on any atom is 0.144 e. The Morgan fingerprint density at radius 1 is 0.368 bits per heavy atom. The van der Waals surface area contributed by atoms with Crippen molar-refractivity contribution in [2.24, 2.45) is 0 Å². The number of quaternary nitrogens is 1. The van der Waals surface area contributed by atoms with Gasteiger partial charge in [0.1, 0.15) is 22.6 Å². The molecule has 8 aromatic carbocycles. The normalized spacial score (nSPS) is 17.6. The van der Waals surface area contributed by atoms with Crippen LogP contribution in [-0.4, -0.2) is 0 Å². The van der Waals surface area contributed by atoms with Gasteiger partial charge in [0.05, 0.1) is 5.41 Å². The molecule has 1 nitrogen and oxygen atoms in total. The van der Waals surface area contributed by atoms with Crippen LogP contribution in [0, 0.1) is 0 Å². The summed E-state index contributed by atoms with van der Waals surface area (Å²) in [4.78, 5) is 0. The fraction of sp³-hybridized carbons (Fsp3) is 0.143. The number of hydrogen-bond donors (Lipinski definition) is 0. The quantitative estimate of drug-likeness (QED) is 0.158. The number of fused-ring (bicyclic) bond motifs is 6. The zero-order valence-corrected chi connectivity index (χ0v) is 33.3. The van der Waals surface area contributed by atoms with Crippen molar-refractivity contribution < 1.29 is 0 Å². The predicted octanol–water partition coefficient (Wildman–Crippen LogP) is 14.9. The third kappa shape index (κ3) is 4.49. The summed E-state index contributed by atoms with van der Waals surface area (Å²) in [6, 6.07) is 71.8. The Hall–Kier alpha value is -6.28. The fourth-order valence-corrected chi connectivity index (χ4v) is 10.9. The molecule has 0 aromatic heterocycles. The molecule has 2 aliphatic carbocycles. The lowest BCUT2D eigenvalue weighted by Crippen LogP contribution is -2.53. The largest absolute Gasteiger partial charge is 0.218 e. The van der Waals surface area contributed by atoms with Crippen LogP contribution < -0.4 is 4.48 Å². The maximum absolute atomic E-state index is 2.60. The van der Waals surface area contributed by atoms with Crippen LogP contribution in [0.4, 0.5) is 17.1 Å². The molecule has 1 unspecified atom stereocenters. The molecule has 1 heterocycles. The molecule has 57 heavy (non-hydrogen) atoms. The van der Waals surface area contributed by atoms with Gasteiger partial charge in [0, 0.05) is 42.0 Å². The highest BCUT2D eigenvalue weighted by atomic mass is 15.4. The van der Waals surface area contributed by atoms with Gasteiger partial charge in [-0.3, -0.25) is 0 Å². The Kier molecular flexibility index (Phi) is 7.08. The number of nitrogens with zero attached hydrogens (tertiary/aromatic N) is 1. The van der Waals surface area contributed by atoms with Gasteiger partial charge in [0.25, 0.3) is 0 Å². The molecule has 1 heteroatoms. The van der Waals surface area contributed by atoms with Crippen molar-refractivity contribution in [1.29, 1.82) is 0 Å². The lowest BCUT2D eigenvalue weighted by atomic mass is 9.69. The molecule has 0 fully saturated rings. The van der Waals surface area contributed by atoms with E-state index in [4.69, 9.17) is 0 Å². The monoisotopic (exact) mass is 732 g/mol. The second-order valence-corrected chi connectivity index (χ2v) is 17.9. The first-order valence-electron chi connectivity index (χ1n) is 20.4. The fourth-order valence-electron chi connectivity index (χ4n) is 10.9. The van der Waals surface area contributed by atoms with E-state index >= 15 is 0 Å². The summed E-state index contributed by atoms with van der Waals surface area (Å²) in [5.74, 6) is 0. The van der Waals surface area contributed by atoms with Crippen molar-refractivity contribution in [2.45, 2.75) is 51.0 Å². The van der Waals surface area contributed by atoms with Gasteiger partial charge in [-0.25, -0.2) is 4.48 Å². The van der Waals surface area contributed by atoms with E-state index in [0.29, 0.717) is 4.48 Å². The third-order valence-corrected chi connectivity index (χ3v) is 13.7. The minimum absolute atomic E-state index is 0.0127. The molecule has 8 aromatic rings. The molecule has 0 saturated carbocycles. The van der Waals surface area contributed by atoms with E-state index in [2.05, 4.69) is 223 Å². The highest BCUT2D eigenvalue weighted by Crippen LogP contribution is 2.66. The lowest BCUT2D eigenvalue weighted by Gasteiger charge is -2.49. The summed E-state index contributed by atoms with van der Waals surface area (Å²) in [5.41, 5.74) is 21.4. The molecule has 0 radical (unpaired) electrons. The minimum Gasteiger partial charge on any atom is -0.218 e. The van der Waals surface area contributed by atoms with Gasteiger partial charge in [0.15, 0.2) is 0 Å². The van der Waals surface area contributed by atoms with Gasteiger partial charge in [-0.05, 0) is 128 Å². The number of hydrogen-bond acceptors (Lipinski definition) is 0. The summed E-state index contributed by atoms with van der Waals surface area (Å²) >= 11 is 0. The molecule has 1 aliphatic heterocycles. The van der Waals surface area contributed by atoms with Crippen LogP contribution in [-0.2, 0) is 16.4 Å². The molecule has 0 saturated heterocycles. The molecule has 1 spiro atoms. The van der Waals surface area contributed by atoms with Gasteiger partial charge in [0.2, 0.25) is 0 Å². The Balaban J connectivity index is 1.26. The molecule has 0 N–H and O–H groups in total. The topological polar surface area (TPSA) is 0 Å². The first kappa shape index (κ1) is 34.0. The van der Waals surface area contributed by atoms with Crippen molar-refractivity contribution in [1.82, 2.24) is 4.48 Å². The van der Waals surface area contributed by atoms with Crippen molar-refractivity contribution in [2.75, 3.05) is 0 Å². The first-order valence-corrected chi connectivity index (χ1v) is 20.4. The minimum atomic E-state index is -0.448. The molecule has 0 amide bonds. The summed E-state index contributed by atoms with van der Waals surface area (Å²) < 4.78 is 0.518. The Labute approximate surface area is 337 Å². The smallest absolute Gasteiger partial charge is 0.144 e. The van der Waals surface area contributed by atoms with E-state index in [1.165, 1.54) is 95.0 Å². The molecule has 4 bridgehead atoms. The molecular formula is C56H46N+. The van der Waals surface area contributed by atoms with Crippen LogP contribution in [0.2, 0.25) is 0 Å². The Morgan fingerprint density at radius 2 is 0.807 bits per heavy atom. The summed E-state index contributed by atoms with van der Waals surface area (Å²) in [6.45, 7) is 11.9. The molecule has 1 atom stereocenters. The van der Waals surface area contributed by atoms with Crippen LogP contribution in [0.3, 0.4) is 0 Å². The van der Waals surface area contributed by atoms with Crippen molar-refractivity contribution in [3.8, 4) is 44.5 Å². The van der Waals surface area contributed by atoms with Crippen LogP contribution in [0.1, 0.15) is 68.0 Å². The van der Waals surface area contributed by atoms with E-state index < -0.39 is 11.0 Å².